The number of carbonyl (C=O) groups excluding carboxylic acids is 2. The number of carboxylic acid groups (broad SMARTS) is 1. The van der Waals surface area contributed by atoms with E-state index in [1.165, 1.54) is 0 Å². The number of carboxylic acids is 1. The van der Waals surface area contributed by atoms with Crippen molar-refractivity contribution in [3.05, 3.63) is 29.8 Å². The Morgan fingerprint density at radius 2 is 1.95 bits per heavy atom. The summed E-state index contributed by atoms with van der Waals surface area (Å²) in [6.45, 7) is 2.12. The lowest BCUT2D eigenvalue weighted by atomic mass is 10.1. The number of urea groups is 1. The summed E-state index contributed by atoms with van der Waals surface area (Å²) in [6.07, 6.45) is 2.74. The Bertz CT molecular complexity index is 553. The Balaban J connectivity index is 2.12. The van der Waals surface area contributed by atoms with Crippen molar-refractivity contribution in [2.45, 2.75) is 38.6 Å². The van der Waals surface area contributed by atoms with Crippen molar-refractivity contribution in [3.8, 4) is 0 Å². The van der Waals surface area contributed by atoms with Crippen LogP contribution in [0.3, 0.4) is 0 Å². The number of hydrogen-bond donors (Lipinski definition) is 2. The van der Waals surface area contributed by atoms with E-state index in [1.807, 2.05) is 12.1 Å². The molecule has 1 fully saturated rings. The second kappa shape index (κ2) is 6.39. The molecule has 1 aromatic carbocycles. The molecule has 1 saturated heterocycles. The summed E-state index contributed by atoms with van der Waals surface area (Å²) in [6, 6.07) is 5.63. The average Bonchev–Trinajstić information content (AvgIpc) is 2.71. The molecule has 2 rings (SSSR count). The molecule has 6 nitrogen and oxygen atoms in total. The summed E-state index contributed by atoms with van der Waals surface area (Å²) < 4.78 is 0. The second-order valence-electron chi connectivity index (χ2n) is 5.04. The van der Waals surface area contributed by atoms with E-state index in [0.29, 0.717) is 5.69 Å². The minimum Gasteiger partial charge on any atom is -0.481 e. The maximum absolute atomic E-state index is 12.1. The summed E-state index contributed by atoms with van der Waals surface area (Å²) in [7, 11) is 0. The number of aliphatic carboxylic acids is 1. The van der Waals surface area contributed by atoms with Crippen molar-refractivity contribution >= 4 is 23.6 Å². The van der Waals surface area contributed by atoms with Crippen molar-refractivity contribution in [2.75, 3.05) is 4.90 Å². The first-order valence-electron chi connectivity index (χ1n) is 6.98. The molecule has 0 radical (unpaired) electrons. The fraction of sp³-hybridized carbons (Fsp3) is 0.400. The van der Waals surface area contributed by atoms with Gasteiger partial charge in [-0.2, -0.15) is 0 Å². The molecule has 2 N–H and O–H groups in total. The van der Waals surface area contributed by atoms with Crippen LogP contribution in [0.4, 0.5) is 10.5 Å². The lowest BCUT2D eigenvalue weighted by molar-refractivity contribution is -0.139. The fourth-order valence-electron chi connectivity index (χ4n) is 2.28. The van der Waals surface area contributed by atoms with Gasteiger partial charge < -0.3 is 10.4 Å². The Hall–Kier alpha value is -2.37. The van der Waals surface area contributed by atoms with Crippen LogP contribution in [0.2, 0.25) is 0 Å². The lowest BCUT2D eigenvalue weighted by Crippen LogP contribution is -2.32. The highest BCUT2D eigenvalue weighted by molar-refractivity contribution is 6.21. The Kier molecular flexibility index (Phi) is 4.57. The summed E-state index contributed by atoms with van der Waals surface area (Å²) in [4.78, 5) is 35.6. The quantitative estimate of drug-likeness (QED) is 0.784. The van der Waals surface area contributed by atoms with Gasteiger partial charge >= 0.3 is 12.0 Å². The zero-order chi connectivity index (χ0) is 15.4. The Morgan fingerprint density at radius 1 is 1.29 bits per heavy atom. The van der Waals surface area contributed by atoms with Crippen LogP contribution in [-0.2, 0) is 16.0 Å². The number of carbonyl (C=O) groups is 3. The SMILES string of the molecule is CCCCc1ccc(N2C(=O)N[C@@H](CC(=O)O)C2=O)cc1. The van der Waals surface area contributed by atoms with Crippen LogP contribution < -0.4 is 10.2 Å². The normalized spacial score (nSPS) is 18.0. The summed E-state index contributed by atoms with van der Waals surface area (Å²) >= 11 is 0. The van der Waals surface area contributed by atoms with Gasteiger partial charge in [-0.15, -0.1) is 0 Å². The number of rotatable bonds is 6. The van der Waals surface area contributed by atoms with Crippen LogP contribution in [0.15, 0.2) is 24.3 Å². The Morgan fingerprint density at radius 3 is 2.52 bits per heavy atom. The van der Waals surface area contributed by atoms with Gasteiger partial charge in [0.2, 0.25) is 0 Å². The molecule has 0 saturated carbocycles. The van der Waals surface area contributed by atoms with Gasteiger partial charge in [-0.05, 0) is 30.5 Å². The highest BCUT2D eigenvalue weighted by Gasteiger charge is 2.39. The zero-order valence-corrected chi connectivity index (χ0v) is 11.8. The maximum atomic E-state index is 12.1. The van der Waals surface area contributed by atoms with E-state index >= 15 is 0 Å². The minimum absolute atomic E-state index is 0.407. The van der Waals surface area contributed by atoms with E-state index in [-0.39, 0.29) is 0 Å². The maximum Gasteiger partial charge on any atom is 0.329 e. The molecule has 0 bridgehead atoms. The van der Waals surface area contributed by atoms with Gasteiger partial charge in [0.15, 0.2) is 0 Å². The number of nitrogens with zero attached hydrogens (tertiary/aromatic N) is 1. The van der Waals surface area contributed by atoms with E-state index in [4.69, 9.17) is 5.11 Å². The fourth-order valence-corrected chi connectivity index (χ4v) is 2.28. The zero-order valence-electron chi connectivity index (χ0n) is 11.8. The molecule has 1 aliphatic rings. The predicted molar refractivity (Wildman–Crippen MR) is 77.1 cm³/mol. The van der Waals surface area contributed by atoms with Crippen molar-refractivity contribution in [2.24, 2.45) is 0 Å². The third kappa shape index (κ3) is 3.39. The number of aryl methyl sites for hydroxylation is 1. The molecular weight excluding hydrogens is 272 g/mol. The van der Waals surface area contributed by atoms with Crippen LogP contribution in [0.1, 0.15) is 31.7 Å². The van der Waals surface area contributed by atoms with Crippen LogP contribution in [0, 0.1) is 0 Å². The van der Waals surface area contributed by atoms with Crippen LogP contribution in [0.25, 0.3) is 0 Å². The van der Waals surface area contributed by atoms with Gasteiger partial charge in [-0.25, -0.2) is 9.69 Å². The van der Waals surface area contributed by atoms with E-state index in [2.05, 4.69) is 12.2 Å². The highest BCUT2D eigenvalue weighted by atomic mass is 16.4. The van der Waals surface area contributed by atoms with Gasteiger partial charge in [0, 0.05) is 0 Å². The molecule has 1 atom stereocenters. The topological polar surface area (TPSA) is 86.7 Å². The van der Waals surface area contributed by atoms with E-state index in [9.17, 15) is 14.4 Å². The van der Waals surface area contributed by atoms with E-state index in [0.717, 1.165) is 29.7 Å². The molecule has 0 aliphatic carbocycles. The largest absolute Gasteiger partial charge is 0.481 e. The van der Waals surface area contributed by atoms with Gasteiger partial charge in [0.05, 0.1) is 12.1 Å². The van der Waals surface area contributed by atoms with Crippen molar-refractivity contribution in [1.82, 2.24) is 5.32 Å². The first-order valence-corrected chi connectivity index (χ1v) is 6.98. The number of benzene rings is 1. The van der Waals surface area contributed by atoms with Gasteiger partial charge in [0.25, 0.3) is 5.91 Å². The van der Waals surface area contributed by atoms with Gasteiger partial charge in [-0.1, -0.05) is 25.5 Å². The molecule has 1 heterocycles. The smallest absolute Gasteiger partial charge is 0.329 e. The monoisotopic (exact) mass is 290 g/mol. The van der Waals surface area contributed by atoms with Gasteiger partial charge in [0.1, 0.15) is 6.04 Å². The number of imide groups is 1. The highest BCUT2D eigenvalue weighted by Crippen LogP contribution is 2.21. The lowest BCUT2D eigenvalue weighted by Gasteiger charge is -2.13. The number of unbranched alkanes of at least 4 members (excludes halogenated alkanes) is 1. The average molecular weight is 290 g/mol. The van der Waals surface area contributed by atoms with Crippen molar-refractivity contribution < 1.29 is 19.5 Å². The van der Waals surface area contributed by atoms with Crippen LogP contribution >= 0.6 is 0 Å². The van der Waals surface area contributed by atoms with E-state index in [1.54, 1.807) is 12.1 Å². The van der Waals surface area contributed by atoms with Crippen molar-refractivity contribution in [1.29, 1.82) is 0 Å². The number of nitrogens with one attached hydrogen (secondary N) is 1. The molecular formula is C15H18N2O4. The standard InChI is InChI=1S/C15H18N2O4/c1-2-3-4-10-5-7-11(8-6-10)17-14(20)12(9-13(18)19)16-15(17)21/h5-8,12H,2-4,9H2,1H3,(H,16,21)(H,18,19)/t12-/m0/s1. The Labute approximate surface area is 122 Å². The molecule has 0 spiro atoms. The first-order chi connectivity index (χ1) is 10.0. The summed E-state index contributed by atoms with van der Waals surface area (Å²) in [5, 5.41) is 11.1. The molecule has 21 heavy (non-hydrogen) atoms. The van der Waals surface area contributed by atoms with Crippen molar-refractivity contribution in [3.63, 3.8) is 0 Å². The first kappa shape index (κ1) is 15.0. The molecule has 1 aliphatic heterocycles. The molecule has 3 amide bonds. The number of anilines is 1. The van der Waals surface area contributed by atoms with Crippen LogP contribution in [0.5, 0.6) is 0 Å². The molecule has 6 heteroatoms. The predicted octanol–water partition coefficient (Wildman–Crippen LogP) is 1.93. The van der Waals surface area contributed by atoms with Crippen LogP contribution in [-0.4, -0.2) is 29.1 Å². The number of hydrogen-bond acceptors (Lipinski definition) is 3. The third-order valence-corrected chi connectivity index (χ3v) is 3.41. The third-order valence-electron chi connectivity index (χ3n) is 3.41. The molecule has 1 aromatic rings. The summed E-state index contributed by atoms with van der Waals surface area (Å²) in [5.41, 5.74) is 1.61. The number of amides is 3. The summed E-state index contributed by atoms with van der Waals surface area (Å²) in [5.74, 6) is -1.64. The second-order valence-corrected chi connectivity index (χ2v) is 5.04. The molecule has 112 valence electrons. The van der Waals surface area contributed by atoms with E-state index < -0.39 is 30.4 Å². The van der Waals surface area contributed by atoms with Gasteiger partial charge in [-0.3, -0.25) is 9.59 Å². The minimum atomic E-state index is -1.12. The molecule has 0 unspecified atom stereocenters. The molecule has 0 aromatic heterocycles.